The van der Waals surface area contributed by atoms with Gasteiger partial charge in [-0.1, -0.05) is 20.8 Å². The molecule has 1 saturated heterocycles. The van der Waals surface area contributed by atoms with Crippen molar-refractivity contribution in [3.8, 4) is 0 Å². The van der Waals surface area contributed by atoms with E-state index < -0.39 is 10.9 Å². The third-order valence-corrected chi connectivity index (χ3v) is 5.69. The maximum atomic E-state index is 12.6. The number of carbonyl (C=O) groups excluding carboxylic acids is 2. The van der Waals surface area contributed by atoms with E-state index in [1.165, 1.54) is 18.2 Å². The van der Waals surface area contributed by atoms with Gasteiger partial charge in [-0.15, -0.1) is 0 Å². The molecule has 1 heterocycles. The normalized spacial score (nSPS) is 25.9. The van der Waals surface area contributed by atoms with Gasteiger partial charge in [0.2, 0.25) is 0 Å². The molecule has 1 saturated carbocycles. The SMILES string of the molecule is Cc1cc(C(=O)OCC(=O)N2CC3(C)CC2CC(C)(C)C3)ccc1[N+](=O)[O-]. The molecule has 2 aliphatic rings. The quantitative estimate of drug-likeness (QED) is 0.457. The first-order valence-electron chi connectivity index (χ1n) is 9.21. The van der Waals surface area contributed by atoms with Crippen LogP contribution in [-0.4, -0.2) is 40.9 Å². The summed E-state index contributed by atoms with van der Waals surface area (Å²) in [5, 5.41) is 10.9. The van der Waals surface area contributed by atoms with E-state index in [9.17, 15) is 19.7 Å². The maximum Gasteiger partial charge on any atom is 0.338 e. The summed E-state index contributed by atoms with van der Waals surface area (Å²) >= 11 is 0. The summed E-state index contributed by atoms with van der Waals surface area (Å²) in [6, 6.07) is 4.24. The first kappa shape index (κ1) is 19.3. The van der Waals surface area contributed by atoms with Crippen LogP contribution >= 0.6 is 0 Å². The van der Waals surface area contributed by atoms with Crippen LogP contribution in [0.5, 0.6) is 0 Å². The molecule has 3 rings (SSSR count). The van der Waals surface area contributed by atoms with E-state index in [0.29, 0.717) is 12.1 Å². The van der Waals surface area contributed by atoms with Crippen LogP contribution in [0.15, 0.2) is 18.2 Å². The highest BCUT2D eigenvalue weighted by Crippen LogP contribution is 2.52. The molecule has 1 aliphatic heterocycles. The van der Waals surface area contributed by atoms with E-state index in [1.807, 2.05) is 4.90 Å². The van der Waals surface area contributed by atoms with Gasteiger partial charge < -0.3 is 9.64 Å². The minimum Gasteiger partial charge on any atom is -0.452 e. The number of carbonyl (C=O) groups is 2. The number of nitrogens with zero attached hydrogens (tertiary/aromatic N) is 2. The highest BCUT2D eigenvalue weighted by molar-refractivity contribution is 5.92. The molecule has 0 radical (unpaired) electrons. The van der Waals surface area contributed by atoms with Gasteiger partial charge in [-0.2, -0.15) is 0 Å². The standard InChI is InChI=1S/C20H26N2O5/c1-13-7-14(5-6-16(13)22(25)26)18(24)27-10-17(23)21-12-20(4)9-15(21)8-19(2,3)11-20/h5-7,15H,8-12H2,1-4H3. The molecule has 1 amide bonds. The average molecular weight is 374 g/mol. The molecule has 1 aliphatic carbocycles. The molecular weight excluding hydrogens is 348 g/mol. The number of esters is 1. The monoisotopic (exact) mass is 374 g/mol. The van der Waals surface area contributed by atoms with Gasteiger partial charge in [0.25, 0.3) is 11.6 Å². The fourth-order valence-electron chi connectivity index (χ4n) is 5.03. The molecule has 0 spiro atoms. The lowest BCUT2D eigenvalue weighted by atomic mass is 9.65. The first-order chi connectivity index (χ1) is 12.5. The van der Waals surface area contributed by atoms with Gasteiger partial charge in [0.05, 0.1) is 10.5 Å². The van der Waals surface area contributed by atoms with Crippen molar-refractivity contribution in [3.63, 3.8) is 0 Å². The summed E-state index contributed by atoms with van der Waals surface area (Å²) in [5.74, 6) is -0.816. The number of likely N-dealkylation sites (tertiary alicyclic amines) is 1. The molecule has 27 heavy (non-hydrogen) atoms. The predicted octanol–water partition coefficient (Wildman–Crippen LogP) is 3.49. The summed E-state index contributed by atoms with van der Waals surface area (Å²) in [6.07, 6.45) is 3.05. The Hall–Kier alpha value is -2.44. The zero-order valence-corrected chi connectivity index (χ0v) is 16.3. The van der Waals surface area contributed by atoms with Crippen LogP contribution in [0.2, 0.25) is 0 Å². The van der Waals surface area contributed by atoms with Gasteiger partial charge >= 0.3 is 5.97 Å². The topological polar surface area (TPSA) is 89.8 Å². The van der Waals surface area contributed by atoms with Gasteiger partial charge in [-0.25, -0.2) is 4.79 Å². The molecule has 1 aromatic rings. The van der Waals surface area contributed by atoms with Crippen LogP contribution < -0.4 is 0 Å². The molecule has 1 aromatic carbocycles. The Bertz CT molecular complexity index is 804. The van der Waals surface area contributed by atoms with E-state index >= 15 is 0 Å². The van der Waals surface area contributed by atoms with Gasteiger partial charge in [0.1, 0.15) is 0 Å². The van der Waals surface area contributed by atoms with Crippen LogP contribution in [-0.2, 0) is 9.53 Å². The second kappa shape index (κ2) is 6.62. The van der Waals surface area contributed by atoms with Crippen LogP contribution in [0.1, 0.15) is 56.0 Å². The van der Waals surface area contributed by atoms with Crippen molar-refractivity contribution >= 4 is 17.6 Å². The molecule has 7 nitrogen and oxygen atoms in total. The Kier molecular flexibility index (Phi) is 4.74. The minimum atomic E-state index is -0.643. The highest BCUT2D eigenvalue weighted by Gasteiger charge is 2.50. The number of amides is 1. The molecule has 146 valence electrons. The van der Waals surface area contributed by atoms with E-state index in [1.54, 1.807) is 6.92 Å². The lowest BCUT2D eigenvalue weighted by Crippen LogP contribution is -2.39. The Labute approximate surface area is 158 Å². The smallest absolute Gasteiger partial charge is 0.338 e. The number of benzene rings is 1. The lowest BCUT2D eigenvalue weighted by molar-refractivity contribution is -0.385. The summed E-state index contributed by atoms with van der Waals surface area (Å²) in [4.78, 5) is 37.1. The van der Waals surface area contributed by atoms with Gasteiger partial charge in [0.15, 0.2) is 6.61 Å². The molecular formula is C20H26N2O5. The number of nitro benzene ring substituents is 1. The number of hydrogen-bond acceptors (Lipinski definition) is 5. The number of rotatable bonds is 4. The number of aryl methyl sites for hydroxylation is 1. The van der Waals surface area contributed by atoms with Gasteiger partial charge in [-0.05, 0) is 49.1 Å². The third kappa shape index (κ3) is 3.96. The van der Waals surface area contributed by atoms with Gasteiger partial charge in [-0.3, -0.25) is 14.9 Å². The predicted molar refractivity (Wildman–Crippen MR) is 99.4 cm³/mol. The van der Waals surface area contributed by atoms with E-state index in [0.717, 1.165) is 19.3 Å². The number of ether oxygens (including phenoxy) is 1. The van der Waals surface area contributed by atoms with Gasteiger partial charge in [0, 0.05) is 24.2 Å². The van der Waals surface area contributed by atoms with Crippen molar-refractivity contribution in [2.45, 2.75) is 53.0 Å². The number of fused-ring (bicyclic) bond motifs is 2. The van der Waals surface area contributed by atoms with Crippen LogP contribution in [0.25, 0.3) is 0 Å². The highest BCUT2D eigenvalue weighted by atomic mass is 16.6. The molecule has 2 unspecified atom stereocenters. The number of nitro groups is 1. The fraction of sp³-hybridized carbons (Fsp3) is 0.600. The molecule has 7 heteroatoms. The van der Waals surface area contributed by atoms with Crippen LogP contribution in [0.3, 0.4) is 0 Å². The summed E-state index contributed by atoms with van der Waals surface area (Å²) < 4.78 is 5.19. The molecule has 0 N–H and O–H groups in total. The van der Waals surface area contributed by atoms with E-state index in [2.05, 4.69) is 20.8 Å². The lowest BCUT2D eigenvalue weighted by Gasteiger charge is -2.39. The molecule has 0 aromatic heterocycles. The zero-order chi connectivity index (χ0) is 20.0. The molecule has 2 fully saturated rings. The maximum absolute atomic E-state index is 12.6. The van der Waals surface area contributed by atoms with Crippen molar-refractivity contribution in [1.29, 1.82) is 0 Å². The first-order valence-corrected chi connectivity index (χ1v) is 9.21. The van der Waals surface area contributed by atoms with Crippen molar-refractivity contribution in [2.75, 3.05) is 13.2 Å². The van der Waals surface area contributed by atoms with Crippen molar-refractivity contribution in [1.82, 2.24) is 4.90 Å². The second-order valence-corrected chi connectivity index (χ2v) is 9.07. The summed E-state index contributed by atoms with van der Waals surface area (Å²) in [7, 11) is 0. The van der Waals surface area contributed by atoms with Crippen molar-refractivity contribution in [2.24, 2.45) is 10.8 Å². The Morgan fingerprint density at radius 1 is 1.30 bits per heavy atom. The zero-order valence-electron chi connectivity index (χ0n) is 16.3. The largest absolute Gasteiger partial charge is 0.452 e. The Morgan fingerprint density at radius 2 is 2.00 bits per heavy atom. The van der Waals surface area contributed by atoms with E-state index in [4.69, 9.17) is 4.74 Å². The third-order valence-electron chi connectivity index (χ3n) is 5.69. The van der Waals surface area contributed by atoms with Crippen LogP contribution in [0, 0.1) is 27.9 Å². The fourth-order valence-corrected chi connectivity index (χ4v) is 5.03. The summed E-state index contributed by atoms with van der Waals surface area (Å²) in [5.41, 5.74) is 0.868. The average Bonchev–Trinajstić information content (AvgIpc) is 2.80. The van der Waals surface area contributed by atoms with Crippen molar-refractivity contribution < 1.29 is 19.2 Å². The van der Waals surface area contributed by atoms with Crippen molar-refractivity contribution in [3.05, 3.63) is 39.4 Å². The molecule has 2 bridgehead atoms. The minimum absolute atomic E-state index is 0.0529. The van der Waals surface area contributed by atoms with Crippen LogP contribution in [0.4, 0.5) is 5.69 Å². The number of hydrogen-bond donors (Lipinski definition) is 0. The Morgan fingerprint density at radius 3 is 2.63 bits per heavy atom. The summed E-state index contributed by atoms with van der Waals surface area (Å²) in [6.45, 7) is 8.66. The second-order valence-electron chi connectivity index (χ2n) is 9.07. The Balaban J connectivity index is 1.62. The van der Waals surface area contributed by atoms with E-state index in [-0.39, 0.29) is 40.6 Å². The molecule has 2 atom stereocenters.